The molecule has 0 aromatic carbocycles. The Labute approximate surface area is 68.4 Å². The largest absolute Gasteiger partial charge is 0.280 e. The Morgan fingerprint density at radius 3 is 3.36 bits per heavy atom. The van der Waals surface area contributed by atoms with Gasteiger partial charge in [0.2, 0.25) is 0 Å². The molecular formula is C9H10NP. The van der Waals surface area contributed by atoms with Crippen LogP contribution in [0.1, 0.15) is 6.92 Å². The zero-order valence-corrected chi connectivity index (χ0v) is 7.41. The minimum atomic E-state index is 0.434. The minimum Gasteiger partial charge on any atom is -0.280 e. The molecular weight excluding hydrogens is 153 g/mol. The molecule has 11 heavy (non-hydrogen) atoms. The van der Waals surface area contributed by atoms with Crippen LogP contribution in [0.15, 0.2) is 40.2 Å². The lowest BCUT2D eigenvalue weighted by Crippen LogP contribution is -2.05. The summed E-state index contributed by atoms with van der Waals surface area (Å²) in [6, 6.07) is 0. The Kier molecular flexibility index (Phi) is 1.75. The highest BCUT2D eigenvalue weighted by Gasteiger charge is 2.13. The summed E-state index contributed by atoms with van der Waals surface area (Å²) in [5, 5.41) is 0. The predicted molar refractivity (Wildman–Crippen MR) is 51.6 cm³/mol. The number of hydrogen-bond acceptors (Lipinski definition) is 1. The minimum absolute atomic E-state index is 0.434. The second-order valence-corrected chi connectivity index (χ2v) is 3.93. The van der Waals surface area contributed by atoms with Crippen molar-refractivity contribution in [1.82, 2.24) is 0 Å². The number of nitrogens with zero attached hydrogens (tertiary/aromatic N) is 1. The standard InChI is InChI=1S/C9H10NP/c1-7-5-8-3-2-4-10-9(8)11-6-7/h2-6,9,11H,1H3. The van der Waals surface area contributed by atoms with Gasteiger partial charge in [-0.1, -0.05) is 32.1 Å². The van der Waals surface area contributed by atoms with Crippen LogP contribution in [0, 0.1) is 0 Å². The maximum absolute atomic E-state index is 4.37. The third-order valence-corrected chi connectivity index (χ3v) is 3.21. The quantitative estimate of drug-likeness (QED) is 0.486. The number of aliphatic imine (C=N–C) groups is 1. The number of dihydropyridines is 1. The first kappa shape index (κ1) is 7.00. The van der Waals surface area contributed by atoms with E-state index < -0.39 is 0 Å². The van der Waals surface area contributed by atoms with Crippen molar-refractivity contribution < 1.29 is 0 Å². The van der Waals surface area contributed by atoms with Gasteiger partial charge in [-0.05, 0) is 18.6 Å². The van der Waals surface area contributed by atoms with Crippen LogP contribution >= 0.6 is 8.58 Å². The van der Waals surface area contributed by atoms with Crippen molar-refractivity contribution in [2.24, 2.45) is 4.99 Å². The lowest BCUT2D eigenvalue weighted by molar-refractivity contribution is 1.08. The number of allylic oxidation sites excluding steroid dienone is 3. The number of rotatable bonds is 0. The van der Waals surface area contributed by atoms with Crippen LogP contribution in [0.25, 0.3) is 0 Å². The van der Waals surface area contributed by atoms with E-state index >= 15 is 0 Å². The van der Waals surface area contributed by atoms with Gasteiger partial charge in [-0.3, -0.25) is 4.99 Å². The predicted octanol–water partition coefficient (Wildman–Crippen LogP) is 2.48. The summed E-state index contributed by atoms with van der Waals surface area (Å²) in [5.41, 5.74) is 2.74. The lowest BCUT2D eigenvalue weighted by Gasteiger charge is -2.18. The molecule has 2 rings (SSSR count). The molecule has 56 valence electrons. The first-order valence-electron chi connectivity index (χ1n) is 3.70. The topological polar surface area (TPSA) is 12.4 Å². The third-order valence-electron chi connectivity index (χ3n) is 1.79. The van der Waals surface area contributed by atoms with E-state index in [1.807, 2.05) is 12.3 Å². The van der Waals surface area contributed by atoms with E-state index in [0.29, 0.717) is 5.78 Å². The summed E-state index contributed by atoms with van der Waals surface area (Å²) >= 11 is 0. The molecule has 2 atom stereocenters. The van der Waals surface area contributed by atoms with Crippen LogP contribution in [0.3, 0.4) is 0 Å². The monoisotopic (exact) mass is 163 g/mol. The summed E-state index contributed by atoms with van der Waals surface area (Å²) in [6.07, 6.45) is 8.27. The van der Waals surface area contributed by atoms with Crippen molar-refractivity contribution >= 4 is 14.8 Å². The van der Waals surface area contributed by atoms with Gasteiger partial charge < -0.3 is 0 Å². The third kappa shape index (κ3) is 1.34. The van der Waals surface area contributed by atoms with Crippen molar-refractivity contribution in [3.8, 4) is 0 Å². The summed E-state index contributed by atoms with van der Waals surface area (Å²) in [7, 11) is 0.832. The number of hydrogen-bond donors (Lipinski definition) is 0. The van der Waals surface area contributed by atoms with E-state index in [0.717, 1.165) is 8.58 Å². The molecule has 0 fully saturated rings. The Balaban J connectivity index is 2.33. The highest BCUT2D eigenvalue weighted by molar-refractivity contribution is 7.43. The summed E-state index contributed by atoms with van der Waals surface area (Å²) in [6.45, 7) is 2.14. The van der Waals surface area contributed by atoms with Crippen molar-refractivity contribution in [3.05, 3.63) is 35.2 Å². The fraction of sp³-hybridized carbons (Fsp3) is 0.222. The number of fused-ring (bicyclic) bond motifs is 1. The van der Waals surface area contributed by atoms with Gasteiger partial charge in [0.1, 0.15) is 0 Å². The molecule has 0 bridgehead atoms. The molecule has 0 aliphatic carbocycles. The Bertz CT molecular complexity index is 284. The molecule has 2 heterocycles. The molecule has 2 unspecified atom stereocenters. The van der Waals surface area contributed by atoms with Crippen LogP contribution in [0.4, 0.5) is 0 Å². The van der Waals surface area contributed by atoms with E-state index in [1.165, 1.54) is 11.1 Å². The zero-order valence-electron chi connectivity index (χ0n) is 6.41. The van der Waals surface area contributed by atoms with Crippen LogP contribution < -0.4 is 0 Å². The van der Waals surface area contributed by atoms with Crippen LogP contribution in [0.5, 0.6) is 0 Å². The molecule has 0 radical (unpaired) electrons. The second kappa shape index (κ2) is 2.75. The van der Waals surface area contributed by atoms with Gasteiger partial charge in [0, 0.05) is 6.21 Å². The first-order chi connectivity index (χ1) is 5.36. The van der Waals surface area contributed by atoms with Gasteiger partial charge in [-0.15, -0.1) is 0 Å². The maximum atomic E-state index is 4.37. The maximum Gasteiger partial charge on any atom is 0.0947 e. The molecule has 2 aliphatic heterocycles. The van der Waals surface area contributed by atoms with Crippen molar-refractivity contribution in [1.29, 1.82) is 0 Å². The summed E-state index contributed by atoms with van der Waals surface area (Å²) < 4.78 is 0. The average Bonchev–Trinajstić information content (AvgIpc) is 2.04. The Hall–Kier alpha value is -0.680. The van der Waals surface area contributed by atoms with Gasteiger partial charge in [-0.25, -0.2) is 0 Å². The molecule has 0 N–H and O–H groups in total. The summed E-state index contributed by atoms with van der Waals surface area (Å²) in [5.74, 6) is 2.70. The smallest absolute Gasteiger partial charge is 0.0947 e. The molecule has 0 saturated carbocycles. The van der Waals surface area contributed by atoms with Crippen LogP contribution in [0.2, 0.25) is 0 Å². The second-order valence-electron chi connectivity index (χ2n) is 2.76. The van der Waals surface area contributed by atoms with Gasteiger partial charge >= 0.3 is 0 Å². The van der Waals surface area contributed by atoms with E-state index in [9.17, 15) is 0 Å². The Morgan fingerprint density at radius 1 is 1.55 bits per heavy atom. The van der Waals surface area contributed by atoms with Crippen molar-refractivity contribution in [3.63, 3.8) is 0 Å². The molecule has 0 aromatic heterocycles. The SMILES string of the molecule is CC1=CPC2N=CC=CC2=C1. The van der Waals surface area contributed by atoms with E-state index in [1.54, 1.807) is 0 Å². The highest BCUT2D eigenvalue weighted by Crippen LogP contribution is 2.35. The molecule has 2 heteroatoms. The average molecular weight is 163 g/mol. The molecule has 0 saturated heterocycles. The van der Waals surface area contributed by atoms with E-state index in [-0.39, 0.29) is 0 Å². The van der Waals surface area contributed by atoms with Gasteiger partial charge in [0.25, 0.3) is 0 Å². The molecule has 0 aromatic rings. The van der Waals surface area contributed by atoms with Gasteiger partial charge in [-0.2, -0.15) is 0 Å². The van der Waals surface area contributed by atoms with Crippen molar-refractivity contribution in [2.75, 3.05) is 0 Å². The highest BCUT2D eigenvalue weighted by atomic mass is 31.1. The van der Waals surface area contributed by atoms with Crippen LogP contribution in [-0.2, 0) is 0 Å². The van der Waals surface area contributed by atoms with E-state index in [2.05, 4.69) is 29.9 Å². The van der Waals surface area contributed by atoms with Crippen LogP contribution in [-0.4, -0.2) is 12.0 Å². The molecule has 2 aliphatic rings. The van der Waals surface area contributed by atoms with Gasteiger partial charge in [0.05, 0.1) is 5.78 Å². The fourth-order valence-electron chi connectivity index (χ4n) is 1.25. The van der Waals surface area contributed by atoms with Gasteiger partial charge in [0.15, 0.2) is 0 Å². The molecule has 0 amide bonds. The Morgan fingerprint density at radius 2 is 2.45 bits per heavy atom. The molecule has 0 spiro atoms. The summed E-state index contributed by atoms with van der Waals surface area (Å²) in [4.78, 5) is 4.37. The zero-order chi connectivity index (χ0) is 7.68. The van der Waals surface area contributed by atoms with E-state index in [4.69, 9.17) is 0 Å². The molecule has 1 nitrogen and oxygen atoms in total. The lowest BCUT2D eigenvalue weighted by atomic mass is 10.1. The first-order valence-corrected chi connectivity index (χ1v) is 4.86. The fourth-order valence-corrected chi connectivity index (χ4v) is 2.30. The normalized spacial score (nSPS) is 29.7. The van der Waals surface area contributed by atoms with Crippen molar-refractivity contribution in [2.45, 2.75) is 12.7 Å².